The van der Waals surface area contributed by atoms with Crippen LogP contribution in [0.5, 0.6) is 5.75 Å². The van der Waals surface area contributed by atoms with Crippen LogP contribution in [0.15, 0.2) is 35.1 Å². The van der Waals surface area contributed by atoms with E-state index in [1.54, 1.807) is 7.11 Å². The van der Waals surface area contributed by atoms with Crippen LogP contribution in [0.4, 0.5) is 0 Å². The second-order valence-corrected chi connectivity index (χ2v) is 5.44. The first-order valence-electron chi connectivity index (χ1n) is 7.70. The first kappa shape index (κ1) is 16.3. The van der Waals surface area contributed by atoms with Gasteiger partial charge in [0.2, 0.25) is 0 Å². The number of hydrogen-bond acceptors (Lipinski definition) is 3. The first-order chi connectivity index (χ1) is 10.6. The van der Waals surface area contributed by atoms with Crippen molar-refractivity contribution in [3.8, 4) is 17.0 Å². The Labute approximate surface area is 131 Å². The molecule has 1 heterocycles. The topological polar surface area (TPSA) is 57.2 Å². The molecule has 1 aromatic heterocycles. The number of aryl methyl sites for hydroxylation is 1. The number of aromatic nitrogens is 1. The Bertz CT molecular complexity index is 705. The van der Waals surface area contributed by atoms with Gasteiger partial charge >= 0.3 is 0 Å². The second-order valence-electron chi connectivity index (χ2n) is 5.44. The van der Waals surface area contributed by atoms with Gasteiger partial charge in [-0.2, -0.15) is 0 Å². The predicted molar refractivity (Wildman–Crippen MR) is 90.2 cm³/mol. The number of unbranched alkanes of at least 4 members (excludes halogenated alkanes) is 1. The summed E-state index contributed by atoms with van der Waals surface area (Å²) in [6, 6.07) is 9.85. The number of methoxy groups -OCH3 is 1. The molecule has 0 saturated carbocycles. The van der Waals surface area contributed by atoms with Crippen LogP contribution in [0.3, 0.4) is 0 Å². The SMILES string of the molecule is CCCCn1c(-c2cccc(OC)c2)cc(C)c(CN)c1=O. The van der Waals surface area contributed by atoms with E-state index in [4.69, 9.17) is 10.5 Å². The summed E-state index contributed by atoms with van der Waals surface area (Å²) in [5.74, 6) is 0.785. The Morgan fingerprint density at radius 2 is 2.05 bits per heavy atom. The van der Waals surface area contributed by atoms with E-state index < -0.39 is 0 Å². The van der Waals surface area contributed by atoms with Gasteiger partial charge in [0.05, 0.1) is 12.8 Å². The monoisotopic (exact) mass is 300 g/mol. The molecule has 0 saturated heterocycles. The van der Waals surface area contributed by atoms with Crippen molar-refractivity contribution in [2.45, 2.75) is 39.8 Å². The molecule has 0 amide bonds. The van der Waals surface area contributed by atoms with E-state index in [1.807, 2.05) is 41.8 Å². The molecule has 4 heteroatoms. The number of pyridine rings is 1. The van der Waals surface area contributed by atoms with Crippen molar-refractivity contribution < 1.29 is 4.74 Å². The summed E-state index contributed by atoms with van der Waals surface area (Å²) in [4.78, 5) is 12.7. The smallest absolute Gasteiger partial charge is 0.255 e. The summed E-state index contributed by atoms with van der Waals surface area (Å²) in [5.41, 5.74) is 9.32. The molecule has 2 aromatic rings. The summed E-state index contributed by atoms with van der Waals surface area (Å²) in [5, 5.41) is 0. The van der Waals surface area contributed by atoms with Gasteiger partial charge < -0.3 is 15.0 Å². The number of benzene rings is 1. The minimum absolute atomic E-state index is 0.0220. The Morgan fingerprint density at radius 3 is 2.68 bits per heavy atom. The van der Waals surface area contributed by atoms with Crippen molar-refractivity contribution in [2.75, 3.05) is 7.11 Å². The maximum Gasteiger partial charge on any atom is 0.255 e. The largest absolute Gasteiger partial charge is 0.497 e. The summed E-state index contributed by atoms with van der Waals surface area (Å²) < 4.78 is 7.14. The Hall–Kier alpha value is -2.07. The van der Waals surface area contributed by atoms with E-state index >= 15 is 0 Å². The lowest BCUT2D eigenvalue weighted by atomic mass is 10.0. The van der Waals surface area contributed by atoms with Gasteiger partial charge in [-0.05, 0) is 37.1 Å². The molecule has 0 aliphatic rings. The van der Waals surface area contributed by atoms with Crippen molar-refractivity contribution in [1.82, 2.24) is 4.57 Å². The first-order valence-corrected chi connectivity index (χ1v) is 7.70. The fraction of sp³-hybridized carbons (Fsp3) is 0.389. The normalized spacial score (nSPS) is 10.7. The van der Waals surface area contributed by atoms with Crippen LogP contribution in [0.2, 0.25) is 0 Å². The molecule has 2 N–H and O–H groups in total. The zero-order valence-corrected chi connectivity index (χ0v) is 13.6. The third-order valence-corrected chi connectivity index (χ3v) is 3.93. The van der Waals surface area contributed by atoms with E-state index in [-0.39, 0.29) is 12.1 Å². The van der Waals surface area contributed by atoms with Crippen LogP contribution < -0.4 is 16.0 Å². The lowest BCUT2D eigenvalue weighted by Gasteiger charge is -2.17. The van der Waals surface area contributed by atoms with Gasteiger partial charge in [-0.3, -0.25) is 4.79 Å². The predicted octanol–water partition coefficient (Wildman–Crippen LogP) is 3.09. The summed E-state index contributed by atoms with van der Waals surface area (Å²) >= 11 is 0. The highest BCUT2D eigenvalue weighted by atomic mass is 16.5. The van der Waals surface area contributed by atoms with Gasteiger partial charge in [0, 0.05) is 24.2 Å². The molecule has 22 heavy (non-hydrogen) atoms. The lowest BCUT2D eigenvalue weighted by molar-refractivity contribution is 0.415. The van der Waals surface area contributed by atoms with Gasteiger partial charge in [-0.25, -0.2) is 0 Å². The van der Waals surface area contributed by atoms with Gasteiger partial charge in [-0.15, -0.1) is 0 Å². The molecule has 0 aliphatic heterocycles. The van der Waals surface area contributed by atoms with Crippen molar-refractivity contribution in [3.05, 3.63) is 51.8 Å². The quantitative estimate of drug-likeness (QED) is 0.892. The zero-order chi connectivity index (χ0) is 16.1. The highest BCUT2D eigenvalue weighted by Crippen LogP contribution is 2.25. The van der Waals surface area contributed by atoms with Crippen LogP contribution in [0.25, 0.3) is 11.3 Å². The summed E-state index contributed by atoms with van der Waals surface area (Å²) in [6.45, 7) is 5.04. The fourth-order valence-electron chi connectivity index (χ4n) is 2.62. The molecular weight excluding hydrogens is 276 g/mol. The highest BCUT2D eigenvalue weighted by molar-refractivity contribution is 5.63. The molecule has 0 aliphatic carbocycles. The summed E-state index contributed by atoms with van der Waals surface area (Å²) in [6.07, 6.45) is 2.00. The molecule has 0 radical (unpaired) electrons. The van der Waals surface area contributed by atoms with Crippen molar-refractivity contribution in [3.63, 3.8) is 0 Å². The minimum Gasteiger partial charge on any atom is -0.497 e. The highest BCUT2D eigenvalue weighted by Gasteiger charge is 2.13. The Kier molecular flexibility index (Phi) is 5.39. The van der Waals surface area contributed by atoms with E-state index in [2.05, 4.69) is 6.92 Å². The Morgan fingerprint density at radius 1 is 1.27 bits per heavy atom. The van der Waals surface area contributed by atoms with E-state index in [9.17, 15) is 4.79 Å². The van der Waals surface area contributed by atoms with E-state index in [0.717, 1.165) is 35.4 Å². The molecule has 0 spiro atoms. The van der Waals surface area contributed by atoms with Crippen LogP contribution in [0, 0.1) is 6.92 Å². The van der Waals surface area contributed by atoms with Gasteiger partial charge in [-0.1, -0.05) is 25.5 Å². The second kappa shape index (κ2) is 7.27. The zero-order valence-electron chi connectivity index (χ0n) is 13.6. The summed E-state index contributed by atoms with van der Waals surface area (Å²) in [7, 11) is 1.64. The maximum absolute atomic E-state index is 12.7. The molecule has 4 nitrogen and oxygen atoms in total. The van der Waals surface area contributed by atoms with Crippen molar-refractivity contribution >= 4 is 0 Å². The third kappa shape index (κ3) is 3.22. The molecule has 118 valence electrons. The van der Waals surface area contributed by atoms with Gasteiger partial charge in [0.15, 0.2) is 0 Å². The van der Waals surface area contributed by atoms with Crippen LogP contribution in [-0.4, -0.2) is 11.7 Å². The maximum atomic E-state index is 12.7. The van der Waals surface area contributed by atoms with E-state index in [0.29, 0.717) is 12.1 Å². The molecule has 0 atom stereocenters. The number of nitrogens with zero attached hydrogens (tertiary/aromatic N) is 1. The molecule has 0 bridgehead atoms. The minimum atomic E-state index is 0.0220. The van der Waals surface area contributed by atoms with Crippen LogP contribution in [-0.2, 0) is 13.1 Å². The molecule has 0 fully saturated rings. The standard InChI is InChI=1S/C18H24N2O2/c1-4-5-9-20-17(10-13(2)16(12-19)18(20)21)14-7-6-8-15(11-14)22-3/h6-8,10-11H,4-5,9,12,19H2,1-3H3. The lowest BCUT2D eigenvalue weighted by Crippen LogP contribution is -2.28. The Balaban J connectivity index is 2.64. The van der Waals surface area contributed by atoms with Gasteiger partial charge in [0.1, 0.15) is 5.75 Å². The molecule has 2 rings (SSSR count). The molecule has 0 unspecified atom stereocenters. The average molecular weight is 300 g/mol. The van der Waals surface area contributed by atoms with E-state index in [1.165, 1.54) is 0 Å². The molecule has 1 aromatic carbocycles. The number of nitrogens with two attached hydrogens (primary N) is 1. The van der Waals surface area contributed by atoms with Crippen LogP contribution >= 0.6 is 0 Å². The number of ether oxygens (including phenoxy) is 1. The van der Waals surface area contributed by atoms with Crippen molar-refractivity contribution in [1.29, 1.82) is 0 Å². The van der Waals surface area contributed by atoms with Gasteiger partial charge in [0.25, 0.3) is 5.56 Å². The third-order valence-electron chi connectivity index (χ3n) is 3.93. The van der Waals surface area contributed by atoms with Crippen molar-refractivity contribution in [2.24, 2.45) is 5.73 Å². The number of rotatable bonds is 6. The van der Waals surface area contributed by atoms with Crippen LogP contribution in [0.1, 0.15) is 30.9 Å². The molecular formula is C18H24N2O2. The average Bonchev–Trinajstić information content (AvgIpc) is 2.54. The number of hydrogen-bond donors (Lipinski definition) is 1. The fourth-order valence-corrected chi connectivity index (χ4v) is 2.62.